The quantitative estimate of drug-likeness (QED) is 0.166. The van der Waals surface area contributed by atoms with E-state index < -0.39 is 5.92 Å². The van der Waals surface area contributed by atoms with E-state index in [4.69, 9.17) is 24.2 Å². The minimum absolute atomic E-state index is 0.158. The molecule has 228 valence electrons. The van der Waals surface area contributed by atoms with E-state index in [9.17, 15) is 9.59 Å². The second-order valence-electron chi connectivity index (χ2n) is 11.3. The summed E-state index contributed by atoms with van der Waals surface area (Å²) in [6.45, 7) is 0.317. The molecule has 0 aliphatic heterocycles. The molecule has 0 fully saturated rings. The highest BCUT2D eigenvalue weighted by Gasteiger charge is 2.38. The number of fused-ring (bicyclic) bond motifs is 2. The van der Waals surface area contributed by atoms with Crippen molar-refractivity contribution in [2.75, 3.05) is 14.2 Å². The number of H-pyrrole nitrogens is 1. The van der Waals surface area contributed by atoms with E-state index in [0.717, 1.165) is 39.3 Å². The highest BCUT2D eigenvalue weighted by atomic mass is 16.5. The number of nitrogens with zero attached hydrogens (tertiary/aromatic N) is 2. The van der Waals surface area contributed by atoms with Gasteiger partial charge in [-0.05, 0) is 53.4 Å². The second-order valence-corrected chi connectivity index (χ2v) is 11.3. The van der Waals surface area contributed by atoms with Crippen molar-refractivity contribution in [3.8, 4) is 28.6 Å². The number of ketones is 2. The highest BCUT2D eigenvalue weighted by Crippen LogP contribution is 2.36. The molecule has 8 nitrogen and oxygen atoms in total. The van der Waals surface area contributed by atoms with Crippen LogP contribution in [0.2, 0.25) is 0 Å². The zero-order chi connectivity index (χ0) is 31.6. The van der Waals surface area contributed by atoms with Gasteiger partial charge in [0, 0.05) is 29.2 Å². The first-order chi connectivity index (χ1) is 22.5. The number of pyridine rings is 1. The van der Waals surface area contributed by atoms with Gasteiger partial charge < -0.3 is 19.2 Å². The third-order valence-corrected chi connectivity index (χ3v) is 8.31. The highest BCUT2D eigenvalue weighted by molar-refractivity contribution is 6.26. The van der Waals surface area contributed by atoms with Gasteiger partial charge in [-0.1, -0.05) is 66.7 Å². The molecule has 1 aliphatic rings. The van der Waals surface area contributed by atoms with Gasteiger partial charge in [0.05, 0.1) is 31.3 Å². The standard InChI is InChI=1S/C38H31N3O5/c1-44-26-14-12-23(13-15-26)20-33-40-35-29(16-17-32(45-2)36(35)41-33)31-19-25(21-34(39-31)46-22-24-8-4-3-5-9-24)18-30-37(42)27-10-6-7-11-28(27)38(30)43/h3-17,19,21,30H,18,20,22H2,1-2H3,(H,40,41). The van der Waals surface area contributed by atoms with E-state index in [-0.39, 0.29) is 18.0 Å². The second kappa shape index (κ2) is 12.3. The molecule has 1 aliphatic carbocycles. The van der Waals surface area contributed by atoms with E-state index in [1.807, 2.05) is 78.9 Å². The Morgan fingerprint density at radius 2 is 1.41 bits per heavy atom. The lowest BCUT2D eigenvalue weighted by Crippen LogP contribution is -2.18. The number of aromatic nitrogens is 3. The molecule has 4 aromatic carbocycles. The van der Waals surface area contributed by atoms with Crippen LogP contribution in [0.1, 0.15) is 43.2 Å². The van der Waals surface area contributed by atoms with E-state index >= 15 is 0 Å². The summed E-state index contributed by atoms with van der Waals surface area (Å²) in [4.78, 5) is 39.9. The molecule has 0 saturated heterocycles. The van der Waals surface area contributed by atoms with E-state index in [2.05, 4.69) is 4.98 Å². The van der Waals surface area contributed by atoms with Crippen molar-refractivity contribution in [1.29, 1.82) is 0 Å². The van der Waals surface area contributed by atoms with Crippen LogP contribution in [-0.2, 0) is 19.4 Å². The van der Waals surface area contributed by atoms with Gasteiger partial charge in [-0.15, -0.1) is 0 Å². The van der Waals surface area contributed by atoms with Crippen LogP contribution in [0.5, 0.6) is 17.4 Å². The van der Waals surface area contributed by atoms with Crippen LogP contribution in [0, 0.1) is 5.92 Å². The smallest absolute Gasteiger partial charge is 0.214 e. The Kier molecular flexibility index (Phi) is 7.76. The summed E-state index contributed by atoms with van der Waals surface area (Å²) in [5, 5.41) is 0. The summed E-state index contributed by atoms with van der Waals surface area (Å²) in [5.74, 6) is 1.47. The van der Waals surface area contributed by atoms with Crippen molar-refractivity contribution in [2.45, 2.75) is 19.4 Å². The van der Waals surface area contributed by atoms with Gasteiger partial charge in [-0.2, -0.15) is 0 Å². The fourth-order valence-electron chi connectivity index (χ4n) is 5.96. The minimum atomic E-state index is -0.797. The van der Waals surface area contributed by atoms with Crippen LogP contribution in [-0.4, -0.2) is 40.7 Å². The molecule has 0 bridgehead atoms. The Labute approximate surface area is 266 Å². The summed E-state index contributed by atoms with van der Waals surface area (Å²) in [6, 6.07) is 32.3. The third-order valence-electron chi connectivity index (χ3n) is 8.31. The number of hydrogen-bond acceptors (Lipinski definition) is 7. The average molecular weight is 610 g/mol. The first-order valence-electron chi connectivity index (χ1n) is 15.0. The molecule has 1 N–H and O–H groups in total. The van der Waals surface area contributed by atoms with Gasteiger partial charge in [0.25, 0.3) is 0 Å². The normalized spacial score (nSPS) is 12.8. The average Bonchev–Trinajstić information content (AvgIpc) is 3.62. The van der Waals surface area contributed by atoms with Crippen molar-refractivity contribution in [1.82, 2.24) is 15.0 Å². The SMILES string of the molecule is COc1ccc(Cc2nc3c(OC)ccc(-c4cc(CC5C(=O)c6ccccc6C5=O)cc(OCc5ccccc5)n4)c3[nH]2)cc1. The summed E-state index contributed by atoms with van der Waals surface area (Å²) < 4.78 is 17.2. The molecule has 0 saturated carbocycles. The molecule has 2 aromatic heterocycles. The van der Waals surface area contributed by atoms with Crippen LogP contribution in [0.15, 0.2) is 103 Å². The van der Waals surface area contributed by atoms with E-state index in [1.165, 1.54) is 0 Å². The predicted octanol–water partition coefficient (Wildman–Crippen LogP) is 7.05. The lowest BCUT2D eigenvalue weighted by molar-refractivity contribution is 0.0838. The predicted molar refractivity (Wildman–Crippen MR) is 175 cm³/mol. The summed E-state index contributed by atoms with van der Waals surface area (Å²) in [7, 11) is 3.26. The molecular formula is C38H31N3O5. The summed E-state index contributed by atoms with van der Waals surface area (Å²) in [6.07, 6.45) is 0.807. The molecule has 2 heterocycles. The first-order valence-corrected chi connectivity index (χ1v) is 15.0. The first kappa shape index (κ1) is 29.0. The number of carbonyl (C=O) groups excluding carboxylic acids is 2. The number of ether oxygens (including phenoxy) is 3. The Balaban J connectivity index is 1.27. The monoisotopic (exact) mass is 609 g/mol. The summed E-state index contributed by atoms with van der Waals surface area (Å²) in [5.41, 5.74) is 6.67. The van der Waals surface area contributed by atoms with Gasteiger partial charge in [-0.3, -0.25) is 9.59 Å². The topological polar surface area (TPSA) is 103 Å². The number of imidazole rings is 1. The van der Waals surface area contributed by atoms with Gasteiger partial charge in [0.1, 0.15) is 29.4 Å². The Morgan fingerprint density at radius 3 is 2.11 bits per heavy atom. The number of nitrogens with one attached hydrogen (secondary N) is 1. The zero-order valence-electron chi connectivity index (χ0n) is 25.4. The van der Waals surface area contributed by atoms with Crippen molar-refractivity contribution < 1.29 is 23.8 Å². The number of aromatic amines is 1. The maximum absolute atomic E-state index is 13.3. The largest absolute Gasteiger partial charge is 0.497 e. The number of carbonyl (C=O) groups is 2. The van der Waals surface area contributed by atoms with E-state index in [1.54, 1.807) is 38.5 Å². The van der Waals surface area contributed by atoms with Gasteiger partial charge in [0.2, 0.25) is 5.88 Å². The van der Waals surface area contributed by atoms with Crippen LogP contribution in [0.3, 0.4) is 0 Å². The van der Waals surface area contributed by atoms with Crippen LogP contribution >= 0.6 is 0 Å². The van der Waals surface area contributed by atoms with Crippen molar-refractivity contribution in [2.24, 2.45) is 5.92 Å². The van der Waals surface area contributed by atoms with Crippen LogP contribution in [0.4, 0.5) is 0 Å². The fraction of sp³-hybridized carbons (Fsp3) is 0.158. The van der Waals surface area contributed by atoms with Crippen molar-refractivity contribution in [3.63, 3.8) is 0 Å². The Morgan fingerprint density at radius 1 is 0.696 bits per heavy atom. The number of benzene rings is 4. The Hall–Kier alpha value is -5.76. The van der Waals surface area contributed by atoms with Crippen LogP contribution < -0.4 is 14.2 Å². The van der Waals surface area contributed by atoms with Crippen LogP contribution in [0.25, 0.3) is 22.3 Å². The molecule has 6 aromatic rings. The molecule has 0 radical (unpaired) electrons. The van der Waals surface area contributed by atoms with Gasteiger partial charge >= 0.3 is 0 Å². The van der Waals surface area contributed by atoms with Gasteiger partial charge in [-0.25, -0.2) is 9.97 Å². The minimum Gasteiger partial charge on any atom is -0.497 e. The third kappa shape index (κ3) is 5.61. The lowest BCUT2D eigenvalue weighted by atomic mass is 9.94. The van der Waals surface area contributed by atoms with Crippen molar-refractivity contribution >= 4 is 22.6 Å². The molecule has 7 rings (SSSR count). The molecule has 46 heavy (non-hydrogen) atoms. The van der Waals surface area contributed by atoms with Gasteiger partial charge in [0.15, 0.2) is 11.6 Å². The number of methoxy groups -OCH3 is 2. The molecular weight excluding hydrogens is 578 g/mol. The summed E-state index contributed by atoms with van der Waals surface area (Å²) >= 11 is 0. The fourth-order valence-corrected chi connectivity index (χ4v) is 5.96. The number of hydrogen-bond donors (Lipinski definition) is 1. The molecule has 0 spiro atoms. The number of Topliss-reactive ketones (excluding diaryl/α,β-unsaturated/α-hetero) is 2. The molecule has 0 amide bonds. The van der Waals surface area contributed by atoms with Crippen molar-refractivity contribution in [3.05, 3.63) is 137 Å². The zero-order valence-corrected chi connectivity index (χ0v) is 25.4. The Bertz CT molecular complexity index is 2030. The lowest BCUT2D eigenvalue weighted by Gasteiger charge is -2.13. The van der Waals surface area contributed by atoms with E-state index in [0.29, 0.717) is 47.0 Å². The molecule has 8 heteroatoms. The maximum atomic E-state index is 13.3. The molecule has 0 unspecified atom stereocenters. The number of rotatable bonds is 10. The molecule has 0 atom stereocenters. The maximum Gasteiger partial charge on any atom is 0.214 e.